The minimum Gasteiger partial charge on any atom is -0.309 e. The highest BCUT2D eigenvalue weighted by atomic mass is 15.0. The molecule has 12 heavy (non-hydrogen) atoms. The smallest absolute Gasteiger partial charge is 0.0155 e. The van der Waals surface area contributed by atoms with Gasteiger partial charge in [0.2, 0.25) is 0 Å². The predicted molar refractivity (Wildman–Crippen MR) is 52.2 cm³/mol. The van der Waals surface area contributed by atoms with Crippen LogP contribution in [0.1, 0.15) is 52.4 Å². The molecular weight excluding hydrogens is 146 g/mol. The Morgan fingerprint density at radius 3 is 2.08 bits per heavy atom. The summed E-state index contributed by atoms with van der Waals surface area (Å²) >= 11 is 0. The van der Waals surface area contributed by atoms with Crippen molar-refractivity contribution in [2.75, 3.05) is 0 Å². The Bertz CT molecular complexity index is 152. The van der Waals surface area contributed by atoms with Gasteiger partial charge in [0.25, 0.3) is 0 Å². The first-order chi connectivity index (χ1) is 5.68. The predicted octanol–water partition coefficient (Wildman–Crippen LogP) is 2.71. The molecule has 2 aliphatic rings. The highest BCUT2D eigenvalue weighted by Gasteiger charge is 2.35. The second-order valence-electron chi connectivity index (χ2n) is 5.12. The first-order valence-corrected chi connectivity index (χ1v) is 5.46. The van der Waals surface area contributed by atoms with Crippen LogP contribution in [0.2, 0.25) is 0 Å². The first-order valence-electron chi connectivity index (χ1n) is 5.46. The average Bonchev–Trinajstić information content (AvgIpc) is 2.67. The SMILES string of the molecule is CC(C)(NC1CC1)C1CCCC1. The molecule has 70 valence electrons. The minimum atomic E-state index is 0.414. The summed E-state index contributed by atoms with van der Waals surface area (Å²) in [6, 6.07) is 0.862. The summed E-state index contributed by atoms with van der Waals surface area (Å²) in [5.41, 5.74) is 0.414. The maximum absolute atomic E-state index is 3.77. The Kier molecular flexibility index (Phi) is 2.16. The van der Waals surface area contributed by atoms with Crippen LogP contribution >= 0.6 is 0 Å². The van der Waals surface area contributed by atoms with Gasteiger partial charge in [-0.3, -0.25) is 0 Å². The third-order valence-corrected chi connectivity index (χ3v) is 3.53. The van der Waals surface area contributed by atoms with Crippen molar-refractivity contribution in [1.29, 1.82) is 0 Å². The molecule has 0 radical (unpaired) electrons. The third-order valence-electron chi connectivity index (χ3n) is 3.53. The Labute approximate surface area is 75.9 Å². The number of rotatable bonds is 3. The van der Waals surface area contributed by atoms with Gasteiger partial charge in [0, 0.05) is 11.6 Å². The zero-order valence-corrected chi connectivity index (χ0v) is 8.40. The van der Waals surface area contributed by atoms with E-state index in [1.165, 1.54) is 38.5 Å². The molecule has 0 saturated heterocycles. The molecule has 0 aromatic rings. The molecule has 1 N–H and O–H groups in total. The third kappa shape index (κ3) is 1.82. The zero-order chi connectivity index (χ0) is 8.60. The molecule has 0 bridgehead atoms. The van der Waals surface area contributed by atoms with Crippen LogP contribution in [0.5, 0.6) is 0 Å². The summed E-state index contributed by atoms with van der Waals surface area (Å²) in [6.07, 6.45) is 8.65. The summed E-state index contributed by atoms with van der Waals surface area (Å²) in [4.78, 5) is 0. The van der Waals surface area contributed by atoms with Crippen LogP contribution in [0.25, 0.3) is 0 Å². The Morgan fingerprint density at radius 2 is 1.58 bits per heavy atom. The Morgan fingerprint density at radius 1 is 1.00 bits per heavy atom. The van der Waals surface area contributed by atoms with Crippen molar-refractivity contribution in [3.8, 4) is 0 Å². The van der Waals surface area contributed by atoms with Crippen LogP contribution in [-0.4, -0.2) is 11.6 Å². The molecule has 0 heterocycles. The normalized spacial score (nSPS) is 26.5. The van der Waals surface area contributed by atoms with E-state index < -0.39 is 0 Å². The molecule has 0 amide bonds. The summed E-state index contributed by atoms with van der Waals surface area (Å²) in [5.74, 6) is 0.943. The maximum Gasteiger partial charge on any atom is 0.0155 e. The van der Waals surface area contributed by atoms with Crippen molar-refractivity contribution >= 4 is 0 Å². The molecule has 0 aliphatic heterocycles. The van der Waals surface area contributed by atoms with Crippen LogP contribution in [0, 0.1) is 5.92 Å². The van der Waals surface area contributed by atoms with Gasteiger partial charge in [0.1, 0.15) is 0 Å². The Hall–Kier alpha value is -0.0400. The second-order valence-corrected chi connectivity index (χ2v) is 5.12. The fourth-order valence-corrected chi connectivity index (χ4v) is 2.52. The van der Waals surface area contributed by atoms with Gasteiger partial charge in [-0.25, -0.2) is 0 Å². The average molecular weight is 167 g/mol. The van der Waals surface area contributed by atoms with Crippen molar-refractivity contribution in [2.45, 2.75) is 64.0 Å². The second kappa shape index (κ2) is 3.02. The van der Waals surface area contributed by atoms with E-state index in [-0.39, 0.29) is 0 Å². The highest BCUT2D eigenvalue weighted by molar-refractivity contribution is 4.95. The van der Waals surface area contributed by atoms with Crippen LogP contribution in [0.3, 0.4) is 0 Å². The molecule has 2 fully saturated rings. The molecule has 2 rings (SSSR count). The molecule has 0 aromatic carbocycles. The van der Waals surface area contributed by atoms with Crippen LogP contribution in [0.15, 0.2) is 0 Å². The molecule has 1 nitrogen and oxygen atoms in total. The van der Waals surface area contributed by atoms with Gasteiger partial charge in [0.05, 0.1) is 0 Å². The number of hydrogen-bond acceptors (Lipinski definition) is 1. The largest absolute Gasteiger partial charge is 0.309 e. The van der Waals surface area contributed by atoms with Crippen molar-refractivity contribution in [2.24, 2.45) is 5.92 Å². The lowest BCUT2D eigenvalue weighted by molar-refractivity contribution is 0.253. The van der Waals surface area contributed by atoms with E-state index in [9.17, 15) is 0 Å². The molecular formula is C11H21N. The zero-order valence-electron chi connectivity index (χ0n) is 8.40. The van der Waals surface area contributed by atoms with Crippen molar-refractivity contribution in [3.05, 3.63) is 0 Å². The van der Waals surface area contributed by atoms with Crippen molar-refractivity contribution in [3.63, 3.8) is 0 Å². The first kappa shape index (κ1) is 8.55. The lowest BCUT2D eigenvalue weighted by Crippen LogP contribution is -2.46. The molecule has 2 saturated carbocycles. The topological polar surface area (TPSA) is 12.0 Å². The highest BCUT2D eigenvalue weighted by Crippen LogP contribution is 2.35. The number of nitrogens with one attached hydrogen (secondary N) is 1. The van der Waals surface area contributed by atoms with E-state index in [4.69, 9.17) is 0 Å². The summed E-state index contributed by atoms with van der Waals surface area (Å²) in [5, 5.41) is 3.77. The van der Waals surface area contributed by atoms with E-state index in [2.05, 4.69) is 19.2 Å². The molecule has 0 spiro atoms. The van der Waals surface area contributed by atoms with Gasteiger partial charge in [-0.1, -0.05) is 12.8 Å². The van der Waals surface area contributed by atoms with Gasteiger partial charge in [-0.05, 0) is 45.4 Å². The molecule has 1 heteroatoms. The minimum absolute atomic E-state index is 0.414. The van der Waals surface area contributed by atoms with Crippen molar-refractivity contribution < 1.29 is 0 Å². The summed E-state index contributed by atoms with van der Waals surface area (Å²) in [7, 11) is 0. The molecule has 0 atom stereocenters. The van der Waals surface area contributed by atoms with Gasteiger partial charge < -0.3 is 5.32 Å². The number of hydrogen-bond donors (Lipinski definition) is 1. The van der Waals surface area contributed by atoms with Gasteiger partial charge >= 0.3 is 0 Å². The van der Waals surface area contributed by atoms with E-state index in [1.807, 2.05) is 0 Å². The van der Waals surface area contributed by atoms with Crippen LogP contribution < -0.4 is 5.32 Å². The monoisotopic (exact) mass is 167 g/mol. The lowest BCUT2D eigenvalue weighted by Gasteiger charge is -2.33. The summed E-state index contributed by atoms with van der Waals surface area (Å²) < 4.78 is 0. The van der Waals surface area contributed by atoms with Gasteiger partial charge in [-0.2, -0.15) is 0 Å². The Balaban J connectivity index is 1.88. The van der Waals surface area contributed by atoms with Crippen LogP contribution in [-0.2, 0) is 0 Å². The molecule has 0 aromatic heterocycles. The van der Waals surface area contributed by atoms with E-state index in [0.717, 1.165) is 12.0 Å². The van der Waals surface area contributed by atoms with Gasteiger partial charge in [-0.15, -0.1) is 0 Å². The van der Waals surface area contributed by atoms with E-state index in [0.29, 0.717) is 5.54 Å². The van der Waals surface area contributed by atoms with Crippen LogP contribution in [0.4, 0.5) is 0 Å². The quantitative estimate of drug-likeness (QED) is 0.681. The van der Waals surface area contributed by atoms with E-state index >= 15 is 0 Å². The molecule has 0 unspecified atom stereocenters. The van der Waals surface area contributed by atoms with E-state index in [1.54, 1.807) is 0 Å². The lowest BCUT2D eigenvalue weighted by atomic mass is 9.86. The summed E-state index contributed by atoms with van der Waals surface area (Å²) in [6.45, 7) is 4.78. The molecule has 2 aliphatic carbocycles. The fourth-order valence-electron chi connectivity index (χ4n) is 2.52. The maximum atomic E-state index is 3.77. The van der Waals surface area contributed by atoms with Gasteiger partial charge in [0.15, 0.2) is 0 Å². The fraction of sp³-hybridized carbons (Fsp3) is 1.00. The van der Waals surface area contributed by atoms with Crippen molar-refractivity contribution in [1.82, 2.24) is 5.32 Å². The standard InChI is InChI=1S/C11H21N/c1-11(2,12-10-7-8-10)9-5-3-4-6-9/h9-10,12H,3-8H2,1-2H3.